The van der Waals surface area contributed by atoms with Gasteiger partial charge in [0, 0.05) is 22.2 Å². The SMILES string of the molecule is COCCN=C(NN)c1cc(Cl)cc(Br)c1. The summed E-state index contributed by atoms with van der Waals surface area (Å²) in [6, 6.07) is 5.48. The van der Waals surface area contributed by atoms with Gasteiger partial charge in [-0.25, -0.2) is 5.84 Å². The summed E-state index contributed by atoms with van der Waals surface area (Å²) in [5.41, 5.74) is 3.38. The zero-order valence-corrected chi connectivity index (χ0v) is 11.2. The van der Waals surface area contributed by atoms with Crippen LogP contribution in [0.1, 0.15) is 5.56 Å². The molecule has 0 heterocycles. The van der Waals surface area contributed by atoms with E-state index in [4.69, 9.17) is 22.2 Å². The molecule has 0 aliphatic carbocycles. The number of nitrogens with one attached hydrogen (secondary N) is 1. The molecule has 16 heavy (non-hydrogen) atoms. The number of hydrogen-bond acceptors (Lipinski definition) is 3. The topological polar surface area (TPSA) is 59.6 Å². The van der Waals surface area contributed by atoms with Crippen LogP contribution in [-0.4, -0.2) is 26.1 Å². The van der Waals surface area contributed by atoms with Crippen molar-refractivity contribution in [2.75, 3.05) is 20.3 Å². The predicted molar refractivity (Wildman–Crippen MR) is 69.8 cm³/mol. The second-order valence-corrected chi connectivity index (χ2v) is 4.38. The maximum Gasteiger partial charge on any atom is 0.142 e. The summed E-state index contributed by atoms with van der Waals surface area (Å²) in [4.78, 5) is 4.26. The van der Waals surface area contributed by atoms with Gasteiger partial charge < -0.3 is 10.2 Å². The maximum atomic E-state index is 5.93. The molecule has 0 unspecified atom stereocenters. The molecule has 0 saturated heterocycles. The maximum absolute atomic E-state index is 5.93. The van der Waals surface area contributed by atoms with Crippen molar-refractivity contribution in [3.63, 3.8) is 0 Å². The highest BCUT2D eigenvalue weighted by Gasteiger charge is 2.04. The van der Waals surface area contributed by atoms with Gasteiger partial charge in [0.05, 0.1) is 13.2 Å². The van der Waals surface area contributed by atoms with E-state index in [-0.39, 0.29) is 0 Å². The van der Waals surface area contributed by atoms with Gasteiger partial charge in [-0.3, -0.25) is 4.99 Å². The molecule has 88 valence electrons. The Morgan fingerprint density at radius 1 is 1.56 bits per heavy atom. The van der Waals surface area contributed by atoms with Gasteiger partial charge in [0.15, 0.2) is 0 Å². The van der Waals surface area contributed by atoms with Crippen LogP contribution < -0.4 is 11.3 Å². The highest BCUT2D eigenvalue weighted by molar-refractivity contribution is 9.10. The third-order valence-corrected chi connectivity index (χ3v) is 2.51. The minimum atomic E-state index is 0.542. The lowest BCUT2D eigenvalue weighted by atomic mass is 10.2. The first-order chi connectivity index (χ1) is 7.67. The second kappa shape index (κ2) is 6.85. The first kappa shape index (κ1) is 13.4. The van der Waals surface area contributed by atoms with E-state index in [1.54, 1.807) is 19.2 Å². The molecule has 0 aliphatic heterocycles. The Bertz CT molecular complexity index is 364. The molecule has 4 nitrogen and oxygen atoms in total. The quantitative estimate of drug-likeness (QED) is 0.294. The van der Waals surface area contributed by atoms with Crippen LogP contribution in [0.2, 0.25) is 5.02 Å². The average Bonchev–Trinajstić information content (AvgIpc) is 2.23. The van der Waals surface area contributed by atoms with Gasteiger partial charge in [-0.2, -0.15) is 0 Å². The fraction of sp³-hybridized carbons (Fsp3) is 0.300. The van der Waals surface area contributed by atoms with E-state index >= 15 is 0 Å². The molecule has 0 radical (unpaired) electrons. The van der Waals surface area contributed by atoms with E-state index in [0.29, 0.717) is 24.0 Å². The van der Waals surface area contributed by atoms with Gasteiger partial charge in [0.25, 0.3) is 0 Å². The minimum absolute atomic E-state index is 0.542. The van der Waals surface area contributed by atoms with Crippen molar-refractivity contribution in [1.29, 1.82) is 0 Å². The molecule has 0 aliphatic rings. The molecular weight excluding hydrogens is 293 g/mol. The fourth-order valence-electron chi connectivity index (χ4n) is 1.16. The first-order valence-electron chi connectivity index (χ1n) is 4.64. The summed E-state index contributed by atoms with van der Waals surface area (Å²) in [5.74, 6) is 5.99. The number of amidine groups is 1. The van der Waals surface area contributed by atoms with E-state index < -0.39 is 0 Å². The van der Waals surface area contributed by atoms with Gasteiger partial charge in [-0.1, -0.05) is 27.5 Å². The van der Waals surface area contributed by atoms with Crippen LogP contribution in [0.3, 0.4) is 0 Å². The normalized spacial score (nSPS) is 11.6. The Kier molecular flexibility index (Phi) is 5.76. The van der Waals surface area contributed by atoms with E-state index in [1.165, 1.54) is 0 Å². The third kappa shape index (κ3) is 4.09. The van der Waals surface area contributed by atoms with Gasteiger partial charge in [0.2, 0.25) is 0 Å². The van der Waals surface area contributed by atoms with Gasteiger partial charge in [0.1, 0.15) is 5.84 Å². The van der Waals surface area contributed by atoms with Crippen LogP contribution in [-0.2, 0) is 4.74 Å². The predicted octanol–water partition coefficient (Wildman–Crippen LogP) is 1.96. The van der Waals surface area contributed by atoms with Crippen LogP contribution >= 0.6 is 27.5 Å². The van der Waals surface area contributed by atoms with Crippen molar-refractivity contribution < 1.29 is 4.74 Å². The molecule has 1 aromatic carbocycles. The molecule has 0 spiro atoms. The Hall–Kier alpha value is -0.620. The zero-order chi connectivity index (χ0) is 12.0. The van der Waals surface area contributed by atoms with Crippen LogP contribution in [0.25, 0.3) is 0 Å². The monoisotopic (exact) mass is 305 g/mol. The number of nitrogens with two attached hydrogens (primary N) is 1. The molecule has 0 saturated carbocycles. The van der Waals surface area contributed by atoms with Crippen molar-refractivity contribution in [2.24, 2.45) is 10.8 Å². The lowest BCUT2D eigenvalue weighted by Crippen LogP contribution is -2.31. The van der Waals surface area contributed by atoms with Crippen LogP contribution in [0.5, 0.6) is 0 Å². The fourth-order valence-corrected chi connectivity index (χ4v) is 2.02. The van der Waals surface area contributed by atoms with Crippen molar-refractivity contribution in [3.05, 3.63) is 33.3 Å². The summed E-state index contributed by atoms with van der Waals surface area (Å²) in [7, 11) is 1.63. The summed E-state index contributed by atoms with van der Waals surface area (Å²) in [6.07, 6.45) is 0. The van der Waals surface area contributed by atoms with E-state index in [1.807, 2.05) is 6.07 Å². The smallest absolute Gasteiger partial charge is 0.142 e. The highest BCUT2D eigenvalue weighted by atomic mass is 79.9. The molecule has 1 rings (SSSR count). The lowest BCUT2D eigenvalue weighted by molar-refractivity contribution is 0.208. The highest BCUT2D eigenvalue weighted by Crippen LogP contribution is 2.19. The number of aliphatic imine (C=N–C) groups is 1. The summed E-state index contributed by atoms with van der Waals surface area (Å²) >= 11 is 9.29. The minimum Gasteiger partial charge on any atom is -0.383 e. The summed E-state index contributed by atoms with van der Waals surface area (Å²) in [5, 5.41) is 0.624. The molecule has 6 heteroatoms. The van der Waals surface area contributed by atoms with E-state index in [2.05, 4.69) is 26.3 Å². The third-order valence-electron chi connectivity index (χ3n) is 1.84. The molecular formula is C10H13BrClN3O. The summed E-state index contributed by atoms with van der Waals surface area (Å²) < 4.78 is 5.79. The Balaban J connectivity index is 2.90. The van der Waals surface area contributed by atoms with Crippen LogP contribution in [0.15, 0.2) is 27.7 Å². The van der Waals surface area contributed by atoms with Crippen molar-refractivity contribution in [2.45, 2.75) is 0 Å². The van der Waals surface area contributed by atoms with E-state index in [9.17, 15) is 0 Å². The van der Waals surface area contributed by atoms with Gasteiger partial charge >= 0.3 is 0 Å². The number of hydrazine groups is 1. The molecule has 3 N–H and O–H groups in total. The molecule has 0 atom stereocenters. The zero-order valence-electron chi connectivity index (χ0n) is 8.84. The van der Waals surface area contributed by atoms with Gasteiger partial charge in [-0.15, -0.1) is 0 Å². The Morgan fingerprint density at radius 3 is 2.88 bits per heavy atom. The first-order valence-corrected chi connectivity index (χ1v) is 5.81. The number of methoxy groups -OCH3 is 1. The molecule has 1 aromatic rings. The largest absolute Gasteiger partial charge is 0.383 e. The number of halogens is 2. The van der Waals surface area contributed by atoms with Crippen molar-refractivity contribution >= 4 is 33.4 Å². The molecule has 0 amide bonds. The van der Waals surface area contributed by atoms with Crippen molar-refractivity contribution in [3.8, 4) is 0 Å². The van der Waals surface area contributed by atoms with Crippen LogP contribution in [0.4, 0.5) is 0 Å². The number of benzene rings is 1. The number of nitrogens with zero attached hydrogens (tertiary/aromatic N) is 1. The average molecular weight is 307 g/mol. The molecule has 0 fully saturated rings. The molecule has 0 bridgehead atoms. The molecule has 0 aromatic heterocycles. The standard InChI is InChI=1S/C10H13BrClN3O/c1-16-3-2-14-10(15-13)7-4-8(11)6-9(12)5-7/h4-6H,2-3,13H2,1H3,(H,14,15). The Labute approximate surface area is 108 Å². The van der Waals surface area contributed by atoms with Crippen LogP contribution in [0, 0.1) is 0 Å². The number of rotatable bonds is 4. The summed E-state index contributed by atoms with van der Waals surface area (Å²) in [6.45, 7) is 1.09. The Morgan fingerprint density at radius 2 is 2.31 bits per heavy atom. The van der Waals surface area contributed by atoms with E-state index in [0.717, 1.165) is 10.0 Å². The number of ether oxygens (including phenoxy) is 1. The second-order valence-electron chi connectivity index (χ2n) is 3.03. The van der Waals surface area contributed by atoms with Gasteiger partial charge in [-0.05, 0) is 18.2 Å². The van der Waals surface area contributed by atoms with Crippen molar-refractivity contribution in [1.82, 2.24) is 5.43 Å². The lowest BCUT2D eigenvalue weighted by Gasteiger charge is -2.07. The number of hydrogen-bond donors (Lipinski definition) is 2.